The maximum absolute atomic E-state index is 6.01. The summed E-state index contributed by atoms with van der Waals surface area (Å²) in [5.74, 6) is 0.692. The molecule has 17 heavy (non-hydrogen) atoms. The summed E-state index contributed by atoms with van der Waals surface area (Å²) in [4.78, 5) is 9.79. The van der Waals surface area contributed by atoms with Gasteiger partial charge in [-0.05, 0) is 50.4 Å². The first-order valence-electron chi connectivity index (χ1n) is 5.08. The summed E-state index contributed by atoms with van der Waals surface area (Å²) in [6.45, 7) is 2.12. The van der Waals surface area contributed by atoms with E-state index >= 15 is 0 Å². The summed E-state index contributed by atoms with van der Waals surface area (Å²) in [6.07, 6.45) is 1.97. The van der Waals surface area contributed by atoms with E-state index in [1.807, 2.05) is 12.1 Å². The van der Waals surface area contributed by atoms with E-state index in [-0.39, 0.29) is 0 Å². The zero-order valence-corrected chi connectivity index (χ0v) is 13.7. The quantitative estimate of drug-likeness (QED) is 0.655. The molecule has 0 aliphatic carbocycles. The van der Waals surface area contributed by atoms with Crippen LogP contribution in [0.4, 0.5) is 0 Å². The second-order valence-corrected chi connectivity index (χ2v) is 7.10. The number of nitrogens with zero attached hydrogens (tertiary/aromatic N) is 2. The van der Waals surface area contributed by atoms with Crippen molar-refractivity contribution in [2.75, 3.05) is 0 Å². The molecule has 0 saturated carbocycles. The molecule has 0 bridgehead atoms. The second kappa shape index (κ2) is 5.78. The number of aryl methyl sites for hydroxylation is 1. The molecule has 0 amide bonds. The van der Waals surface area contributed by atoms with Crippen LogP contribution < -0.4 is 0 Å². The maximum Gasteiger partial charge on any atom is 0.171 e. The van der Waals surface area contributed by atoms with E-state index in [0.29, 0.717) is 11.0 Å². The molecule has 0 unspecified atom stereocenters. The molecule has 2 heterocycles. The van der Waals surface area contributed by atoms with Crippen molar-refractivity contribution in [3.63, 3.8) is 0 Å². The number of hydrogen-bond acceptors (Lipinski definition) is 3. The number of halogens is 3. The van der Waals surface area contributed by atoms with Crippen LogP contribution in [0.3, 0.4) is 0 Å². The zero-order chi connectivity index (χ0) is 12.4. The van der Waals surface area contributed by atoms with Crippen molar-refractivity contribution in [1.82, 2.24) is 9.97 Å². The minimum absolute atomic E-state index is 0.499. The molecule has 2 aromatic heterocycles. The highest BCUT2D eigenvalue weighted by Gasteiger charge is 2.10. The Labute approximate surface area is 126 Å². The van der Waals surface area contributed by atoms with Crippen LogP contribution in [0.15, 0.2) is 20.4 Å². The van der Waals surface area contributed by atoms with Crippen molar-refractivity contribution >= 4 is 54.8 Å². The predicted molar refractivity (Wildman–Crippen MR) is 79.8 cm³/mol. The van der Waals surface area contributed by atoms with Crippen LogP contribution >= 0.6 is 54.8 Å². The highest BCUT2D eigenvalue weighted by Crippen LogP contribution is 2.37. The van der Waals surface area contributed by atoms with Gasteiger partial charge in [0.2, 0.25) is 0 Å². The van der Waals surface area contributed by atoms with E-state index in [9.17, 15) is 0 Å². The number of aromatic nitrogens is 2. The second-order valence-electron chi connectivity index (χ2n) is 3.49. The van der Waals surface area contributed by atoms with Crippen LogP contribution in [0, 0.1) is 0 Å². The van der Waals surface area contributed by atoms with Crippen LogP contribution in [0.1, 0.15) is 19.0 Å². The molecule has 2 aromatic rings. The summed E-state index contributed by atoms with van der Waals surface area (Å²) in [6, 6.07) is 3.82. The van der Waals surface area contributed by atoms with Gasteiger partial charge in [-0.1, -0.05) is 24.9 Å². The minimum Gasteiger partial charge on any atom is -0.232 e. The Hall–Kier alpha value is 0.0300. The summed E-state index contributed by atoms with van der Waals surface area (Å²) < 4.78 is 2.05. The normalized spacial score (nSPS) is 10.8. The van der Waals surface area contributed by atoms with Crippen molar-refractivity contribution in [2.45, 2.75) is 19.8 Å². The molecule has 0 aliphatic rings. The van der Waals surface area contributed by atoms with Crippen LogP contribution in [0.25, 0.3) is 10.7 Å². The number of hydrogen-bond donors (Lipinski definition) is 0. The molecule has 2 rings (SSSR count). The molecule has 0 saturated heterocycles. The van der Waals surface area contributed by atoms with Crippen molar-refractivity contribution < 1.29 is 0 Å². The first kappa shape index (κ1) is 13.5. The van der Waals surface area contributed by atoms with Crippen LogP contribution in [0.5, 0.6) is 0 Å². The molecule has 0 fully saturated rings. The highest BCUT2D eigenvalue weighted by atomic mass is 79.9. The molecule has 0 radical (unpaired) electrons. The Morgan fingerprint density at radius 1 is 1.29 bits per heavy atom. The average molecular weight is 397 g/mol. The number of rotatable bonds is 3. The van der Waals surface area contributed by atoms with Gasteiger partial charge in [-0.15, -0.1) is 11.3 Å². The fourth-order valence-corrected chi connectivity index (χ4v) is 3.59. The molecular weight excluding hydrogens is 387 g/mol. The molecule has 0 N–H and O–H groups in total. The standard InChI is InChI=1S/C11H9Br2ClN2S/c1-2-3-6-4-9(14)16-11(15-6)8-5-7(12)10(13)17-8/h4-5H,2-3H2,1H3. The summed E-state index contributed by atoms with van der Waals surface area (Å²) >= 11 is 14.5. The topological polar surface area (TPSA) is 25.8 Å². The lowest BCUT2D eigenvalue weighted by molar-refractivity contribution is 0.876. The first-order chi connectivity index (χ1) is 8.10. The van der Waals surface area contributed by atoms with Crippen LogP contribution in [0.2, 0.25) is 5.15 Å². The van der Waals surface area contributed by atoms with Crippen molar-refractivity contribution in [2.24, 2.45) is 0 Å². The lowest BCUT2D eigenvalue weighted by Gasteiger charge is -2.02. The highest BCUT2D eigenvalue weighted by molar-refractivity contribution is 9.13. The van der Waals surface area contributed by atoms with E-state index in [1.165, 1.54) is 0 Å². The molecule has 0 aromatic carbocycles. The maximum atomic E-state index is 6.01. The monoisotopic (exact) mass is 394 g/mol. The van der Waals surface area contributed by atoms with Gasteiger partial charge in [0.25, 0.3) is 0 Å². The molecule has 0 spiro atoms. The fraction of sp³-hybridized carbons (Fsp3) is 0.273. The van der Waals surface area contributed by atoms with E-state index < -0.39 is 0 Å². The Balaban J connectivity index is 2.44. The first-order valence-corrected chi connectivity index (χ1v) is 7.87. The van der Waals surface area contributed by atoms with E-state index in [0.717, 1.165) is 31.7 Å². The van der Waals surface area contributed by atoms with Gasteiger partial charge in [0.1, 0.15) is 5.15 Å². The smallest absolute Gasteiger partial charge is 0.171 e. The van der Waals surface area contributed by atoms with Gasteiger partial charge in [-0.2, -0.15) is 0 Å². The Bertz CT molecular complexity index is 523. The van der Waals surface area contributed by atoms with Gasteiger partial charge < -0.3 is 0 Å². The molecule has 6 heteroatoms. The minimum atomic E-state index is 0.499. The third-order valence-corrected chi connectivity index (χ3v) is 5.57. The molecule has 2 nitrogen and oxygen atoms in total. The van der Waals surface area contributed by atoms with Crippen molar-refractivity contribution in [1.29, 1.82) is 0 Å². The van der Waals surface area contributed by atoms with E-state index in [1.54, 1.807) is 11.3 Å². The molecular formula is C11H9Br2ClN2S. The summed E-state index contributed by atoms with van der Waals surface area (Å²) in [5.41, 5.74) is 0.989. The van der Waals surface area contributed by atoms with Gasteiger partial charge >= 0.3 is 0 Å². The third-order valence-electron chi connectivity index (χ3n) is 2.12. The van der Waals surface area contributed by atoms with Crippen LogP contribution in [-0.2, 0) is 6.42 Å². The van der Waals surface area contributed by atoms with Gasteiger partial charge in [0, 0.05) is 10.2 Å². The SMILES string of the molecule is CCCc1cc(Cl)nc(-c2cc(Br)c(Br)s2)n1. The molecule has 0 aliphatic heterocycles. The lowest BCUT2D eigenvalue weighted by Crippen LogP contribution is -1.94. The largest absolute Gasteiger partial charge is 0.232 e. The molecule has 90 valence electrons. The Morgan fingerprint density at radius 3 is 2.65 bits per heavy atom. The third kappa shape index (κ3) is 3.28. The van der Waals surface area contributed by atoms with Gasteiger partial charge in [0.15, 0.2) is 5.82 Å². The Kier molecular flexibility index (Phi) is 4.58. The van der Waals surface area contributed by atoms with Gasteiger partial charge in [-0.3, -0.25) is 0 Å². The zero-order valence-electron chi connectivity index (χ0n) is 9.01. The van der Waals surface area contributed by atoms with Crippen molar-refractivity contribution in [3.8, 4) is 10.7 Å². The van der Waals surface area contributed by atoms with E-state index in [4.69, 9.17) is 11.6 Å². The van der Waals surface area contributed by atoms with Crippen molar-refractivity contribution in [3.05, 3.63) is 31.2 Å². The summed E-state index contributed by atoms with van der Waals surface area (Å²) in [7, 11) is 0. The van der Waals surface area contributed by atoms with Crippen LogP contribution in [-0.4, -0.2) is 9.97 Å². The number of thiophene rings is 1. The summed E-state index contributed by atoms with van der Waals surface area (Å²) in [5, 5.41) is 0.499. The average Bonchev–Trinajstić information content (AvgIpc) is 2.59. The Morgan fingerprint density at radius 2 is 2.06 bits per heavy atom. The van der Waals surface area contributed by atoms with Gasteiger partial charge in [0.05, 0.1) is 8.66 Å². The predicted octanol–water partition coefficient (Wildman–Crippen LogP) is 5.34. The molecule has 0 atom stereocenters. The van der Waals surface area contributed by atoms with E-state index in [2.05, 4.69) is 48.8 Å². The fourth-order valence-electron chi connectivity index (χ4n) is 1.42. The lowest BCUT2D eigenvalue weighted by atomic mass is 10.2. The van der Waals surface area contributed by atoms with Gasteiger partial charge in [-0.25, -0.2) is 9.97 Å².